The summed E-state index contributed by atoms with van der Waals surface area (Å²) < 4.78 is 0. The summed E-state index contributed by atoms with van der Waals surface area (Å²) >= 11 is 0. The molecule has 0 bridgehead atoms. The van der Waals surface area contributed by atoms with Crippen LogP contribution >= 0.6 is 0 Å². The third kappa shape index (κ3) is 4.54. The predicted molar refractivity (Wildman–Crippen MR) is 113 cm³/mol. The van der Waals surface area contributed by atoms with Crippen LogP contribution in [-0.2, 0) is 12.8 Å². The van der Waals surface area contributed by atoms with Crippen LogP contribution in [0.25, 0.3) is 0 Å². The van der Waals surface area contributed by atoms with Crippen LogP contribution in [0.3, 0.4) is 0 Å². The zero-order valence-electron chi connectivity index (χ0n) is 15.4. The lowest BCUT2D eigenvalue weighted by Gasteiger charge is -2.02. The van der Waals surface area contributed by atoms with E-state index < -0.39 is 0 Å². The van der Waals surface area contributed by atoms with Gasteiger partial charge >= 0.3 is 0 Å². The molecule has 0 saturated heterocycles. The van der Waals surface area contributed by atoms with Crippen LogP contribution in [-0.4, -0.2) is 12.4 Å². The summed E-state index contributed by atoms with van der Waals surface area (Å²) in [5, 5.41) is 0. The lowest BCUT2D eigenvalue weighted by atomic mass is 10.1. The minimum Gasteiger partial charge on any atom is -0.256 e. The second-order valence-electron chi connectivity index (χ2n) is 6.15. The van der Waals surface area contributed by atoms with Crippen LogP contribution in [0.5, 0.6) is 0 Å². The first-order valence-electron chi connectivity index (χ1n) is 9.14. The van der Waals surface area contributed by atoms with Gasteiger partial charge in [-0.3, -0.25) is 9.98 Å². The molecule has 0 saturated carbocycles. The Bertz CT molecular complexity index is 829. The lowest BCUT2D eigenvalue weighted by Crippen LogP contribution is -1.86. The minimum atomic E-state index is 0.988. The average molecular weight is 340 g/mol. The number of aryl methyl sites for hydroxylation is 2. The maximum Gasteiger partial charge on any atom is 0.0661 e. The molecule has 2 nitrogen and oxygen atoms in total. The largest absolute Gasteiger partial charge is 0.256 e. The van der Waals surface area contributed by atoms with Gasteiger partial charge in [0, 0.05) is 12.4 Å². The third-order valence-electron chi connectivity index (χ3n) is 4.39. The molecule has 0 aliphatic carbocycles. The molecule has 130 valence electrons. The molecule has 3 rings (SSSR count). The van der Waals surface area contributed by atoms with Crippen molar-refractivity contribution < 1.29 is 0 Å². The van der Waals surface area contributed by atoms with E-state index in [4.69, 9.17) is 0 Å². The van der Waals surface area contributed by atoms with E-state index in [0.717, 1.165) is 35.3 Å². The standard InChI is InChI=1S/C24H24N2/c1-3-21-9-5-7-11-23(21)25-17-19-13-15-20(16-14-19)18-26-24-12-8-6-10-22(24)4-2/h5-18H,3-4H2,1-2H3. The Morgan fingerprint density at radius 2 is 0.962 bits per heavy atom. The molecule has 3 aromatic carbocycles. The van der Waals surface area contributed by atoms with Crippen molar-refractivity contribution in [1.82, 2.24) is 0 Å². The van der Waals surface area contributed by atoms with Gasteiger partial charge in [0.2, 0.25) is 0 Å². The second kappa shape index (κ2) is 8.91. The normalized spacial score (nSPS) is 11.5. The highest BCUT2D eigenvalue weighted by molar-refractivity contribution is 5.86. The molecule has 2 heteroatoms. The summed E-state index contributed by atoms with van der Waals surface area (Å²) in [7, 11) is 0. The molecule has 0 aliphatic rings. The topological polar surface area (TPSA) is 24.7 Å². The molecule has 0 heterocycles. The van der Waals surface area contributed by atoms with Gasteiger partial charge in [0.1, 0.15) is 0 Å². The van der Waals surface area contributed by atoms with Gasteiger partial charge in [-0.25, -0.2) is 0 Å². The molecular formula is C24H24N2. The van der Waals surface area contributed by atoms with Crippen molar-refractivity contribution in [3.63, 3.8) is 0 Å². The zero-order chi connectivity index (χ0) is 18.2. The Kier molecular flexibility index (Phi) is 6.10. The Morgan fingerprint density at radius 3 is 1.35 bits per heavy atom. The highest BCUT2D eigenvalue weighted by atomic mass is 14.7. The number of benzene rings is 3. The Balaban J connectivity index is 1.72. The van der Waals surface area contributed by atoms with E-state index in [1.165, 1.54) is 11.1 Å². The fourth-order valence-corrected chi connectivity index (χ4v) is 2.83. The fourth-order valence-electron chi connectivity index (χ4n) is 2.83. The minimum absolute atomic E-state index is 0.988. The first kappa shape index (κ1) is 17.8. The van der Waals surface area contributed by atoms with Crippen molar-refractivity contribution in [3.8, 4) is 0 Å². The van der Waals surface area contributed by atoms with E-state index >= 15 is 0 Å². The third-order valence-corrected chi connectivity index (χ3v) is 4.39. The summed E-state index contributed by atoms with van der Waals surface area (Å²) in [5.74, 6) is 0. The molecule has 0 aromatic heterocycles. The molecule has 0 atom stereocenters. The van der Waals surface area contributed by atoms with Crippen LogP contribution in [0.2, 0.25) is 0 Å². The van der Waals surface area contributed by atoms with Gasteiger partial charge in [-0.15, -0.1) is 0 Å². The van der Waals surface area contributed by atoms with Crippen molar-refractivity contribution in [3.05, 3.63) is 95.1 Å². The monoisotopic (exact) mass is 340 g/mol. The summed E-state index contributed by atoms with van der Waals surface area (Å²) in [6.45, 7) is 4.30. The first-order valence-corrected chi connectivity index (χ1v) is 9.14. The maximum atomic E-state index is 4.63. The van der Waals surface area contributed by atoms with Crippen LogP contribution in [0.15, 0.2) is 82.8 Å². The van der Waals surface area contributed by atoms with E-state index in [1.54, 1.807) is 0 Å². The molecular weight excluding hydrogens is 316 g/mol. The fraction of sp³-hybridized carbons (Fsp3) is 0.167. The molecule has 26 heavy (non-hydrogen) atoms. The Hall–Kier alpha value is -3.00. The van der Waals surface area contributed by atoms with Gasteiger partial charge in [-0.2, -0.15) is 0 Å². The number of rotatable bonds is 6. The Labute approximate surface area is 156 Å². The molecule has 0 amide bonds. The summed E-state index contributed by atoms with van der Waals surface area (Å²) in [4.78, 5) is 9.27. The van der Waals surface area contributed by atoms with E-state index in [0.29, 0.717) is 0 Å². The molecule has 0 N–H and O–H groups in total. The molecule has 0 aliphatic heterocycles. The number of nitrogens with zero attached hydrogens (tertiary/aromatic N) is 2. The van der Waals surface area contributed by atoms with Gasteiger partial charge in [0.15, 0.2) is 0 Å². The van der Waals surface area contributed by atoms with Crippen molar-refractivity contribution >= 4 is 23.8 Å². The summed E-state index contributed by atoms with van der Waals surface area (Å²) in [5.41, 5.74) is 6.78. The highest BCUT2D eigenvalue weighted by Crippen LogP contribution is 2.20. The van der Waals surface area contributed by atoms with Crippen LogP contribution in [0.1, 0.15) is 36.1 Å². The second-order valence-corrected chi connectivity index (χ2v) is 6.15. The quantitative estimate of drug-likeness (QED) is 0.470. The van der Waals surface area contributed by atoms with Crippen LogP contribution in [0.4, 0.5) is 11.4 Å². The van der Waals surface area contributed by atoms with Gasteiger partial charge in [0.25, 0.3) is 0 Å². The maximum absolute atomic E-state index is 4.63. The SMILES string of the molecule is CCc1ccccc1N=Cc1ccc(C=Nc2ccccc2CC)cc1. The van der Waals surface area contributed by atoms with Crippen LogP contribution < -0.4 is 0 Å². The summed E-state index contributed by atoms with van der Waals surface area (Å²) in [6, 6.07) is 24.8. The predicted octanol–water partition coefficient (Wildman–Crippen LogP) is 6.31. The van der Waals surface area contributed by atoms with Crippen molar-refractivity contribution in [2.45, 2.75) is 26.7 Å². The Morgan fingerprint density at radius 1 is 0.577 bits per heavy atom. The van der Waals surface area contributed by atoms with Crippen molar-refractivity contribution in [1.29, 1.82) is 0 Å². The van der Waals surface area contributed by atoms with E-state index in [-0.39, 0.29) is 0 Å². The number of hydrogen-bond acceptors (Lipinski definition) is 2. The molecule has 3 aromatic rings. The number of hydrogen-bond donors (Lipinski definition) is 0. The van der Waals surface area contributed by atoms with Crippen LogP contribution in [0, 0.1) is 0 Å². The van der Waals surface area contributed by atoms with Gasteiger partial charge in [0.05, 0.1) is 11.4 Å². The lowest BCUT2D eigenvalue weighted by molar-refractivity contribution is 1.13. The number of para-hydroxylation sites is 2. The van der Waals surface area contributed by atoms with Gasteiger partial charge < -0.3 is 0 Å². The van der Waals surface area contributed by atoms with E-state index in [9.17, 15) is 0 Å². The van der Waals surface area contributed by atoms with Gasteiger partial charge in [-0.1, -0.05) is 74.5 Å². The molecule has 0 fully saturated rings. The molecule has 0 unspecified atom stereocenters. The molecule has 0 spiro atoms. The summed E-state index contributed by atoms with van der Waals surface area (Å²) in [6.07, 6.45) is 5.81. The van der Waals surface area contributed by atoms with Gasteiger partial charge in [-0.05, 0) is 47.2 Å². The molecule has 0 radical (unpaired) electrons. The average Bonchev–Trinajstić information content (AvgIpc) is 2.72. The zero-order valence-corrected chi connectivity index (χ0v) is 15.4. The smallest absolute Gasteiger partial charge is 0.0661 e. The van der Waals surface area contributed by atoms with Crippen molar-refractivity contribution in [2.75, 3.05) is 0 Å². The highest BCUT2D eigenvalue weighted by Gasteiger charge is 1.98. The first-order chi connectivity index (χ1) is 12.8. The van der Waals surface area contributed by atoms with E-state index in [2.05, 4.69) is 84.5 Å². The van der Waals surface area contributed by atoms with E-state index in [1.807, 2.05) is 24.6 Å². The van der Waals surface area contributed by atoms with Crippen molar-refractivity contribution in [2.24, 2.45) is 9.98 Å². The number of aliphatic imine (C=N–C) groups is 2.